The van der Waals surface area contributed by atoms with Crippen LogP contribution in [0.5, 0.6) is 5.75 Å². The second kappa shape index (κ2) is 9.93. The minimum Gasteiger partial charge on any atom is -0.497 e. The van der Waals surface area contributed by atoms with Crippen LogP contribution in [0.25, 0.3) is 6.08 Å². The second-order valence-electron chi connectivity index (χ2n) is 7.39. The lowest BCUT2D eigenvalue weighted by molar-refractivity contribution is -0.150. The third-order valence-electron chi connectivity index (χ3n) is 5.07. The average molecular weight is 422 g/mol. The van der Waals surface area contributed by atoms with Crippen molar-refractivity contribution in [2.24, 2.45) is 0 Å². The van der Waals surface area contributed by atoms with Crippen LogP contribution in [0, 0.1) is 0 Å². The number of esters is 1. The number of para-hydroxylation sites is 1. The van der Waals surface area contributed by atoms with E-state index in [1.165, 1.54) is 13.0 Å². The largest absolute Gasteiger partial charge is 0.497 e. The number of anilines is 1. The molecule has 162 valence electrons. The molecule has 1 aliphatic rings. The summed E-state index contributed by atoms with van der Waals surface area (Å²) in [4.78, 5) is 38.6. The second-order valence-corrected chi connectivity index (χ2v) is 7.39. The van der Waals surface area contributed by atoms with Gasteiger partial charge in [0.25, 0.3) is 5.91 Å². The van der Waals surface area contributed by atoms with Crippen molar-refractivity contribution in [1.29, 1.82) is 0 Å². The summed E-state index contributed by atoms with van der Waals surface area (Å²) in [5.41, 5.74) is 2.76. The molecule has 0 aliphatic carbocycles. The van der Waals surface area contributed by atoms with E-state index in [9.17, 15) is 14.4 Å². The predicted octanol–water partition coefficient (Wildman–Crippen LogP) is 2.73. The Morgan fingerprint density at radius 3 is 2.58 bits per heavy atom. The van der Waals surface area contributed by atoms with Gasteiger partial charge < -0.3 is 19.7 Å². The summed E-state index contributed by atoms with van der Waals surface area (Å²) in [5, 5.41) is 2.54. The molecule has 7 nitrogen and oxygen atoms in total. The predicted molar refractivity (Wildman–Crippen MR) is 118 cm³/mol. The van der Waals surface area contributed by atoms with E-state index in [1.54, 1.807) is 30.2 Å². The van der Waals surface area contributed by atoms with Crippen LogP contribution >= 0.6 is 0 Å². The van der Waals surface area contributed by atoms with Crippen LogP contribution in [-0.2, 0) is 25.5 Å². The lowest BCUT2D eigenvalue weighted by atomic mass is 10.1. The van der Waals surface area contributed by atoms with Gasteiger partial charge in [-0.25, -0.2) is 4.79 Å². The number of carbonyl (C=O) groups excluding carboxylic acids is 3. The lowest BCUT2D eigenvalue weighted by Gasteiger charge is -2.23. The van der Waals surface area contributed by atoms with Crippen LogP contribution < -0.4 is 15.0 Å². The zero-order chi connectivity index (χ0) is 22.4. The van der Waals surface area contributed by atoms with E-state index in [2.05, 4.69) is 5.32 Å². The Morgan fingerprint density at radius 1 is 1.16 bits per heavy atom. The molecule has 0 spiro atoms. The summed E-state index contributed by atoms with van der Waals surface area (Å²) in [6.07, 6.45) is 3.73. The molecule has 2 amide bonds. The average Bonchev–Trinajstić information content (AvgIpc) is 3.11. The fourth-order valence-corrected chi connectivity index (χ4v) is 3.48. The molecule has 0 bridgehead atoms. The quantitative estimate of drug-likeness (QED) is 0.548. The Labute approximate surface area is 181 Å². The zero-order valence-electron chi connectivity index (χ0n) is 17.8. The highest BCUT2D eigenvalue weighted by Gasteiger charge is 2.31. The molecule has 2 aromatic rings. The summed E-state index contributed by atoms with van der Waals surface area (Å²) in [6, 6.07) is 14.0. The molecule has 7 heteroatoms. The highest BCUT2D eigenvalue weighted by Crippen LogP contribution is 2.31. The van der Waals surface area contributed by atoms with Gasteiger partial charge in [0, 0.05) is 17.8 Å². The van der Waals surface area contributed by atoms with Gasteiger partial charge in [-0.1, -0.05) is 30.3 Å². The summed E-state index contributed by atoms with van der Waals surface area (Å²) in [7, 11) is 1.58. The number of ether oxygens (including phenoxy) is 2. The Bertz CT molecular complexity index is 984. The van der Waals surface area contributed by atoms with E-state index in [-0.39, 0.29) is 18.6 Å². The van der Waals surface area contributed by atoms with Crippen molar-refractivity contribution in [2.45, 2.75) is 32.4 Å². The van der Waals surface area contributed by atoms with Gasteiger partial charge in [-0.15, -0.1) is 0 Å². The Kier molecular flexibility index (Phi) is 7.07. The first kappa shape index (κ1) is 22.1. The smallest absolute Gasteiger partial charge is 0.328 e. The van der Waals surface area contributed by atoms with E-state index in [4.69, 9.17) is 9.47 Å². The van der Waals surface area contributed by atoms with Gasteiger partial charge in [0.05, 0.1) is 7.11 Å². The van der Waals surface area contributed by atoms with Gasteiger partial charge in [-0.05, 0) is 55.7 Å². The van der Waals surface area contributed by atoms with Crippen LogP contribution in [0.2, 0.25) is 0 Å². The van der Waals surface area contributed by atoms with Crippen molar-refractivity contribution >= 4 is 29.5 Å². The first-order valence-corrected chi connectivity index (χ1v) is 10.1. The maximum absolute atomic E-state index is 12.6. The van der Waals surface area contributed by atoms with Crippen LogP contribution in [0.15, 0.2) is 54.6 Å². The fraction of sp³-hybridized carbons (Fsp3) is 0.292. The van der Waals surface area contributed by atoms with E-state index in [0.29, 0.717) is 0 Å². The Balaban J connectivity index is 1.48. The van der Waals surface area contributed by atoms with Gasteiger partial charge in [0.15, 0.2) is 6.61 Å². The molecule has 1 heterocycles. The Hall–Kier alpha value is -3.61. The fourth-order valence-electron chi connectivity index (χ4n) is 3.48. The highest BCUT2D eigenvalue weighted by molar-refractivity contribution is 5.98. The van der Waals surface area contributed by atoms with E-state index >= 15 is 0 Å². The van der Waals surface area contributed by atoms with Crippen LogP contribution in [0.1, 0.15) is 25.0 Å². The number of amides is 2. The van der Waals surface area contributed by atoms with Gasteiger partial charge in [-0.3, -0.25) is 9.59 Å². The summed E-state index contributed by atoms with van der Waals surface area (Å²) < 4.78 is 10.2. The van der Waals surface area contributed by atoms with Crippen LogP contribution in [0.4, 0.5) is 5.69 Å². The SMILES string of the molecule is COc1ccc(/C=C/C(=O)N[C@@H](C)C(=O)OCC(=O)N2c3ccccc3C[C@@H]2C)cc1. The summed E-state index contributed by atoms with van der Waals surface area (Å²) in [6.45, 7) is 3.09. The molecular formula is C24H26N2O5. The molecule has 0 radical (unpaired) electrons. The normalized spacial score (nSPS) is 16.0. The number of hydrogen-bond acceptors (Lipinski definition) is 5. The number of fused-ring (bicyclic) bond motifs is 1. The van der Waals surface area contributed by atoms with Crippen molar-refractivity contribution < 1.29 is 23.9 Å². The molecule has 2 atom stereocenters. The third kappa shape index (κ3) is 5.51. The number of benzene rings is 2. The van der Waals surface area contributed by atoms with Crippen molar-refractivity contribution in [3.63, 3.8) is 0 Å². The molecule has 0 aromatic heterocycles. The van der Waals surface area contributed by atoms with Crippen molar-refractivity contribution in [3.05, 3.63) is 65.7 Å². The highest BCUT2D eigenvalue weighted by atomic mass is 16.5. The third-order valence-corrected chi connectivity index (χ3v) is 5.07. The number of hydrogen-bond donors (Lipinski definition) is 1. The number of rotatable bonds is 7. The van der Waals surface area contributed by atoms with Gasteiger partial charge in [-0.2, -0.15) is 0 Å². The Morgan fingerprint density at radius 2 is 1.87 bits per heavy atom. The van der Waals surface area contributed by atoms with E-state index < -0.39 is 17.9 Å². The van der Waals surface area contributed by atoms with Gasteiger partial charge >= 0.3 is 5.97 Å². The lowest BCUT2D eigenvalue weighted by Crippen LogP contribution is -2.42. The molecule has 0 saturated carbocycles. The minimum absolute atomic E-state index is 0.00354. The van der Waals surface area contributed by atoms with Gasteiger partial charge in [0.2, 0.25) is 5.91 Å². The maximum atomic E-state index is 12.6. The molecule has 0 saturated heterocycles. The number of nitrogens with zero attached hydrogens (tertiary/aromatic N) is 1. The molecule has 2 aromatic carbocycles. The van der Waals surface area contributed by atoms with E-state index in [1.807, 2.05) is 43.3 Å². The van der Waals surface area contributed by atoms with Crippen molar-refractivity contribution in [3.8, 4) is 5.75 Å². The molecule has 0 unspecified atom stereocenters. The molecule has 1 N–H and O–H groups in total. The van der Waals surface area contributed by atoms with Crippen LogP contribution in [0.3, 0.4) is 0 Å². The van der Waals surface area contributed by atoms with Gasteiger partial charge in [0.1, 0.15) is 11.8 Å². The first-order valence-electron chi connectivity index (χ1n) is 10.1. The minimum atomic E-state index is -0.885. The number of carbonyl (C=O) groups is 3. The summed E-state index contributed by atoms with van der Waals surface area (Å²) in [5.74, 6) is -0.670. The number of methoxy groups -OCH3 is 1. The molecule has 31 heavy (non-hydrogen) atoms. The van der Waals surface area contributed by atoms with Crippen molar-refractivity contribution in [1.82, 2.24) is 5.32 Å². The first-order chi connectivity index (χ1) is 14.9. The topological polar surface area (TPSA) is 84.9 Å². The molecule has 3 rings (SSSR count). The molecule has 1 aliphatic heterocycles. The molecular weight excluding hydrogens is 396 g/mol. The number of nitrogens with one attached hydrogen (secondary N) is 1. The van der Waals surface area contributed by atoms with E-state index in [0.717, 1.165) is 29.0 Å². The molecule has 0 fully saturated rings. The monoisotopic (exact) mass is 422 g/mol. The zero-order valence-corrected chi connectivity index (χ0v) is 17.8. The summed E-state index contributed by atoms with van der Waals surface area (Å²) >= 11 is 0. The standard InChI is InChI=1S/C24H26N2O5/c1-16-14-19-6-4-5-7-21(19)26(16)23(28)15-31-24(29)17(2)25-22(27)13-10-18-8-11-20(30-3)12-9-18/h4-13,16-17H,14-15H2,1-3H3,(H,25,27)/b13-10+/t16-,17-/m0/s1. The maximum Gasteiger partial charge on any atom is 0.328 e. The van der Waals surface area contributed by atoms with Crippen molar-refractivity contribution in [2.75, 3.05) is 18.6 Å². The van der Waals surface area contributed by atoms with Crippen LogP contribution in [-0.4, -0.2) is 43.6 Å².